The number of Topliss-reactive ketones (excluding diaryl/α,β-unsaturated/α-hetero) is 1. The molecule has 4 aromatic carbocycles. The number of phenols is 1. The second kappa shape index (κ2) is 11.7. The van der Waals surface area contributed by atoms with Crippen LogP contribution in [-0.4, -0.2) is 44.3 Å². The number of fused-ring (bicyclic) bond motifs is 5. The van der Waals surface area contributed by atoms with Gasteiger partial charge in [-0.3, -0.25) is 28.9 Å². The second-order valence-corrected chi connectivity index (χ2v) is 14.8. The third-order valence-electron chi connectivity index (χ3n) is 11.0. The van der Waals surface area contributed by atoms with Gasteiger partial charge in [0, 0.05) is 22.4 Å². The van der Waals surface area contributed by atoms with Crippen LogP contribution in [0.3, 0.4) is 0 Å². The van der Waals surface area contributed by atoms with Crippen LogP contribution in [0.1, 0.15) is 41.6 Å². The van der Waals surface area contributed by atoms with Gasteiger partial charge in [-0.1, -0.05) is 48.0 Å². The highest BCUT2D eigenvalue weighted by atomic mass is 35.5. The highest BCUT2D eigenvalue weighted by Crippen LogP contribution is 2.67. The van der Waals surface area contributed by atoms with Crippen molar-refractivity contribution in [1.29, 1.82) is 0 Å². The Kier molecular flexibility index (Phi) is 7.69. The number of ketones is 1. The van der Waals surface area contributed by atoms with Gasteiger partial charge >= 0.3 is 0 Å². The fourth-order valence-electron chi connectivity index (χ4n) is 8.52. The van der Waals surface area contributed by atoms with Crippen molar-refractivity contribution in [2.75, 3.05) is 9.80 Å². The van der Waals surface area contributed by atoms with Gasteiger partial charge in [0.15, 0.2) is 38.8 Å². The topological polar surface area (TPSA) is 112 Å². The molecule has 3 fully saturated rings. The van der Waals surface area contributed by atoms with Crippen molar-refractivity contribution in [3.8, 4) is 5.75 Å². The Morgan fingerprint density at radius 2 is 1.40 bits per heavy atom. The number of anilines is 2. The summed E-state index contributed by atoms with van der Waals surface area (Å²) in [4.78, 5) is 64.1. The number of aromatic hydroxyl groups is 1. The van der Waals surface area contributed by atoms with Crippen LogP contribution in [0.25, 0.3) is 10.8 Å². The van der Waals surface area contributed by atoms with Crippen LogP contribution in [0.5, 0.6) is 5.75 Å². The number of allylic oxidation sites excluding steroid dienone is 2. The van der Waals surface area contributed by atoms with Crippen molar-refractivity contribution in [2.24, 2.45) is 17.8 Å². The van der Waals surface area contributed by atoms with Crippen LogP contribution in [0.15, 0.2) is 72.3 Å². The van der Waals surface area contributed by atoms with Gasteiger partial charge in [-0.05, 0) is 55.3 Å². The molecule has 8 rings (SSSR count). The van der Waals surface area contributed by atoms with Crippen LogP contribution in [0, 0.1) is 46.8 Å². The monoisotopic (exact) mass is 768 g/mol. The zero-order valence-electron chi connectivity index (χ0n) is 27.1. The van der Waals surface area contributed by atoms with Crippen molar-refractivity contribution in [1.82, 2.24) is 0 Å². The van der Waals surface area contributed by atoms with Gasteiger partial charge in [0.2, 0.25) is 17.6 Å². The van der Waals surface area contributed by atoms with E-state index in [1.165, 1.54) is 43.3 Å². The van der Waals surface area contributed by atoms with E-state index >= 15 is 8.78 Å². The summed E-state index contributed by atoms with van der Waals surface area (Å²) in [5.41, 5.74) is -1.32. The smallest absolute Gasteiger partial charge is 0.258 e. The van der Waals surface area contributed by atoms with E-state index in [0.717, 1.165) is 4.90 Å². The average molecular weight is 770 g/mol. The minimum absolute atomic E-state index is 0.0836. The fraction of sp³-hybridized carbons (Fsp3) is 0.237. The highest BCUT2D eigenvalue weighted by molar-refractivity contribution is 6.58. The normalized spacial score (nSPS) is 28.0. The summed E-state index contributed by atoms with van der Waals surface area (Å²) in [6, 6.07) is 15.2. The highest BCUT2D eigenvalue weighted by Gasteiger charge is 2.77. The van der Waals surface area contributed by atoms with Crippen molar-refractivity contribution in [3.05, 3.63) is 113 Å². The molecule has 53 heavy (non-hydrogen) atoms. The van der Waals surface area contributed by atoms with Gasteiger partial charge in [0.25, 0.3) is 11.8 Å². The number of amides is 4. The van der Waals surface area contributed by atoms with Crippen LogP contribution in [0.4, 0.5) is 33.3 Å². The molecule has 0 bridgehead atoms. The first-order valence-corrected chi connectivity index (χ1v) is 17.0. The molecule has 0 radical (unpaired) electrons. The van der Waals surface area contributed by atoms with Crippen LogP contribution >= 0.6 is 23.2 Å². The van der Waals surface area contributed by atoms with Gasteiger partial charge in [-0.2, -0.15) is 0 Å². The standard InChI is InChI=1S/C38H23Cl2F5N2O6/c1-15(48)16-6-9-18(10-7-16)46-33(50)21-13-12-20-23(24(21)34(46)51)14-37(39)35(52)47(31-29(44)27(42)26(41)28(43)30(31)45)36(53)38(37,40)25(20)22-11-8-17-4-2-3-5-19(17)32(22)49/h2-12,21,23-25,49H,13-14H2,1H3/t21-,23+,24-,25+,37+,38-/m0/s1. The Morgan fingerprint density at radius 1 is 0.774 bits per heavy atom. The number of carbonyl (C=O) groups excluding carboxylic acids is 5. The lowest BCUT2D eigenvalue weighted by atomic mass is 9.56. The van der Waals surface area contributed by atoms with E-state index < -0.39 is 104 Å². The molecule has 15 heteroatoms. The third kappa shape index (κ3) is 4.43. The third-order valence-corrected chi connectivity index (χ3v) is 12.4. The number of hydrogen-bond acceptors (Lipinski definition) is 6. The first-order chi connectivity index (χ1) is 25.1. The lowest BCUT2D eigenvalue weighted by molar-refractivity contribution is -0.125. The summed E-state index contributed by atoms with van der Waals surface area (Å²) >= 11 is 14.4. The van der Waals surface area contributed by atoms with Gasteiger partial charge in [0.05, 0.1) is 17.5 Å². The zero-order valence-corrected chi connectivity index (χ0v) is 28.6. The van der Waals surface area contributed by atoms with Crippen LogP contribution in [-0.2, 0) is 19.2 Å². The van der Waals surface area contributed by atoms with Gasteiger partial charge in [-0.25, -0.2) is 26.9 Å². The average Bonchev–Trinajstić information content (AvgIpc) is 3.48. The molecule has 0 unspecified atom stereocenters. The Labute approximate surface area is 306 Å². The first-order valence-electron chi connectivity index (χ1n) is 16.2. The van der Waals surface area contributed by atoms with Gasteiger partial charge < -0.3 is 5.11 Å². The molecule has 2 heterocycles. The van der Waals surface area contributed by atoms with Gasteiger partial charge in [-0.15, -0.1) is 23.2 Å². The molecular weight excluding hydrogens is 746 g/mol. The Balaban J connectivity index is 1.33. The number of phenolic OH excluding ortho intramolecular Hbond substituents is 1. The van der Waals surface area contributed by atoms with E-state index in [0.29, 0.717) is 10.9 Å². The van der Waals surface area contributed by atoms with E-state index in [9.17, 15) is 42.3 Å². The predicted octanol–water partition coefficient (Wildman–Crippen LogP) is 7.21. The molecule has 6 atom stereocenters. The van der Waals surface area contributed by atoms with E-state index in [2.05, 4.69) is 0 Å². The van der Waals surface area contributed by atoms with Gasteiger partial charge in [0.1, 0.15) is 11.4 Å². The van der Waals surface area contributed by atoms with Crippen LogP contribution < -0.4 is 9.80 Å². The summed E-state index contributed by atoms with van der Waals surface area (Å²) in [5, 5.41) is 12.5. The largest absolute Gasteiger partial charge is 0.507 e. The minimum atomic E-state index is -2.78. The molecule has 8 nitrogen and oxygen atoms in total. The summed E-state index contributed by atoms with van der Waals surface area (Å²) in [6.07, 6.45) is 0.764. The molecule has 4 aliphatic rings. The number of imide groups is 2. The maximum atomic E-state index is 15.3. The molecule has 0 spiro atoms. The molecule has 270 valence electrons. The van der Waals surface area contributed by atoms with E-state index in [1.807, 2.05) is 0 Å². The predicted molar refractivity (Wildman–Crippen MR) is 181 cm³/mol. The lowest BCUT2D eigenvalue weighted by Gasteiger charge is -2.50. The number of carbonyl (C=O) groups is 5. The molecule has 2 saturated heterocycles. The quantitative estimate of drug-likeness (QED) is 0.0447. The Morgan fingerprint density at radius 3 is 2.04 bits per heavy atom. The number of halogens is 7. The molecule has 2 aliphatic carbocycles. The van der Waals surface area contributed by atoms with Crippen molar-refractivity contribution >= 4 is 74.8 Å². The molecule has 1 saturated carbocycles. The molecule has 4 amide bonds. The number of benzene rings is 4. The number of hydrogen-bond donors (Lipinski definition) is 1. The summed E-state index contributed by atoms with van der Waals surface area (Å²) < 4.78 is 73.8. The van der Waals surface area contributed by atoms with E-state index in [-0.39, 0.29) is 39.3 Å². The van der Waals surface area contributed by atoms with E-state index in [4.69, 9.17) is 23.2 Å². The minimum Gasteiger partial charge on any atom is -0.507 e. The number of nitrogens with zero attached hydrogens (tertiary/aromatic N) is 2. The molecule has 1 N–H and O–H groups in total. The SMILES string of the molecule is CC(=O)c1ccc(N2C(=O)[C@H]3[C@H](CC=C4[C@H]3C[C@@]3(Cl)C(=O)N(c5c(F)c(F)c(F)c(F)c5F)C(=O)[C@@]3(Cl)[C@H]4c3ccc4ccccc4c3O)C2=O)cc1. The fourth-order valence-corrected chi connectivity index (χ4v) is 9.44. The lowest BCUT2D eigenvalue weighted by Crippen LogP contribution is -2.60. The summed E-state index contributed by atoms with van der Waals surface area (Å²) in [5.74, 6) is -22.7. The van der Waals surface area contributed by atoms with Crippen molar-refractivity contribution < 1.29 is 51.0 Å². The maximum Gasteiger partial charge on any atom is 0.258 e. The molecule has 4 aromatic rings. The summed E-state index contributed by atoms with van der Waals surface area (Å²) in [6.45, 7) is 1.34. The summed E-state index contributed by atoms with van der Waals surface area (Å²) in [7, 11) is 0. The van der Waals surface area contributed by atoms with Crippen molar-refractivity contribution in [2.45, 2.75) is 35.4 Å². The number of rotatable bonds is 4. The Hall–Kier alpha value is -5.14. The molecule has 2 aliphatic heterocycles. The van der Waals surface area contributed by atoms with E-state index in [1.54, 1.807) is 30.3 Å². The molecular formula is C38H23Cl2F5N2O6. The maximum absolute atomic E-state index is 15.3. The Bertz CT molecular complexity index is 2400. The first kappa shape index (κ1) is 34.9. The van der Waals surface area contributed by atoms with Crippen LogP contribution in [0.2, 0.25) is 0 Å². The molecule has 0 aromatic heterocycles. The second-order valence-electron chi connectivity index (χ2n) is 13.5. The zero-order chi connectivity index (χ0) is 38.0. The number of alkyl halides is 2. The van der Waals surface area contributed by atoms with Crippen molar-refractivity contribution in [3.63, 3.8) is 0 Å².